The van der Waals surface area contributed by atoms with E-state index in [-0.39, 0.29) is 17.1 Å². The predicted octanol–water partition coefficient (Wildman–Crippen LogP) is 5.54. The Hall–Kier alpha value is -2.35. The average molecular weight is 401 g/mol. The molecule has 3 rings (SSSR count). The Morgan fingerprint density at radius 1 is 1.04 bits per heavy atom. The minimum absolute atomic E-state index is 0.190. The first-order valence-electron chi connectivity index (χ1n) is 6.69. The molecule has 0 fully saturated rings. The lowest BCUT2D eigenvalue weighted by atomic mass is 10.1. The summed E-state index contributed by atoms with van der Waals surface area (Å²) in [5.74, 6) is -0.743. The number of halogens is 5. The smallest absolute Gasteiger partial charge is 0.405 e. The molecule has 0 aliphatic rings. The third-order valence-corrected chi connectivity index (χ3v) is 3.85. The highest BCUT2D eigenvalue weighted by Gasteiger charge is 2.32. The van der Waals surface area contributed by atoms with E-state index in [1.807, 2.05) is 0 Å². The fourth-order valence-corrected chi connectivity index (χ4v) is 2.76. The van der Waals surface area contributed by atoms with Gasteiger partial charge < -0.3 is 4.74 Å². The van der Waals surface area contributed by atoms with Gasteiger partial charge in [-0.15, -0.1) is 13.2 Å². The van der Waals surface area contributed by atoms with Crippen LogP contribution >= 0.6 is 15.9 Å². The summed E-state index contributed by atoms with van der Waals surface area (Å²) in [5, 5.41) is 6.75. The maximum absolute atomic E-state index is 13.0. The Balaban J connectivity index is 2.02. The van der Waals surface area contributed by atoms with Gasteiger partial charge in [-0.25, -0.2) is 4.39 Å². The van der Waals surface area contributed by atoms with E-state index >= 15 is 0 Å². The van der Waals surface area contributed by atoms with E-state index in [9.17, 15) is 17.6 Å². The van der Waals surface area contributed by atoms with Gasteiger partial charge in [0.2, 0.25) is 0 Å². The second-order valence-electron chi connectivity index (χ2n) is 4.83. The number of hydrogen-bond donors (Lipinski definition) is 1. The van der Waals surface area contributed by atoms with Crippen LogP contribution in [-0.2, 0) is 0 Å². The molecule has 1 N–H and O–H groups in total. The van der Waals surface area contributed by atoms with Crippen LogP contribution in [0.3, 0.4) is 0 Å². The molecular formula is C16H9BrF4N2O. The molecule has 0 radical (unpaired) electrons. The lowest BCUT2D eigenvalue weighted by Crippen LogP contribution is -2.17. The second-order valence-corrected chi connectivity index (χ2v) is 5.69. The van der Waals surface area contributed by atoms with E-state index in [2.05, 4.69) is 30.9 Å². The molecule has 24 heavy (non-hydrogen) atoms. The number of nitrogens with one attached hydrogen (secondary N) is 1. The summed E-state index contributed by atoms with van der Waals surface area (Å²) in [6.07, 6.45) is -4.81. The van der Waals surface area contributed by atoms with Crippen LogP contribution in [-0.4, -0.2) is 16.6 Å². The third kappa shape index (κ3) is 3.59. The third-order valence-electron chi connectivity index (χ3n) is 3.19. The van der Waals surface area contributed by atoms with E-state index in [1.54, 1.807) is 12.1 Å². The molecular weight excluding hydrogens is 392 g/mol. The summed E-state index contributed by atoms with van der Waals surface area (Å²) in [7, 11) is 0. The van der Waals surface area contributed by atoms with Crippen LogP contribution in [0.4, 0.5) is 17.6 Å². The van der Waals surface area contributed by atoms with Crippen molar-refractivity contribution < 1.29 is 22.3 Å². The molecule has 0 saturated carbocycles. The lowest BCUT2D eigenvalue weighted by Gasteiger charge is -2.13. The van der Waals surface area contributed by atoms with Gasteiger partial charge in [0.15, 0.2) is 0 Å². The second kappa shape index (κ2) is 6.27. The zero-order chi connectivity index (χ0) is 17.3. The fraction of sp³-hybridized carbons (Fsp3) is 0.0625. The van der Waals surface area contributed by atoms with Crippen LogP contribution in [0.15, 0.2) is 53.0 Å². The standard InChI is InChI=1S/C16H9BrF4N2O/c17-11-2-1-3-14(24-16(19,20)21)15(11)13-8-12(22-23-13)9-4-6-10(18)7-5-9/h1-8H,(H,22,23). The Bertz CT molecular complexity index is 859. The van der Waals surface area contributed by atoms with Crippen LogP contribution in [0, 0.1) is 5.82 Å². The Labute approximate surface area is 142 Å². The van der Waals surface area contributed by atoms with Crippen molar-refractivity contribution in [2.24, 2.45) is 0 Å². The van der Waals surface area contributed by atoms with Crippen LogP contribution in [0.5, 0.6) is 5.75 Å². The first-order chi connectivity index (χ1) is 11.3. The van der Waals surface area contributed by atoms with Crippen molar-refractivity contribution in [2.45, 2.75) is 6.36 Å². The maximum Gasteiger partial charge on any atom is 0.573 e. The number of ether oxygens (including phenoxy) is 1. The van der Waals surface area contributed by atoms with Crippen LogP contribution in [0.1, 0.15) is 0 Å². The number of aromatic nitrogens is 2. The molecule has 0 amide bonds. The molecule has 2 aromatic carbocycles. The number of H-pyrrole nitrogens is 1. The van der Waals surface area contributed by atoms with E-state index in [0.717, 1.165) is 0 Å². The molecule has 1 aromatic heterocycles. The summed E-state index contributed by atoms with van der Waals surface area (Å²) >= 11 is 3.22. The highest BCUT2D eigenvalue weighted by molar-refractivity contribution is 9.10. The number of alkyl halides is 3. The molecule has 0 bridgehead atoms. The molecule has 3 nitrogen and oxygen atoms in total. The van der Waals surface area contributed by atoms with Crippen LogP contribution < -0.4 is 4.74 Å². The summed E-state index contributed by atoms with van der Waals surface area (Å²) < 4.78 is 55.2. The van der Waals surface area contributed by atoms with Crippen molar-refractivity contribution in [1.82, 2.24) is 10.2 Å². The van der Waals surface area contributed by atoms with Crippen LogP contribution in [0.25, 0.3) is 22.5 Å². The Morgan fingerprint density at radius 3 is 2.42 bits per heavy atom. The molecule has 0 spiro atoms. The van der Waals surface area contributed by atoms with E-state index in [0.29, 0.717) is 21.4 Å². The van der Waals surface area contributed by atoms with Crippen molar-refractivity contribution in [2.75, 3.05) is 0 Å². The van der Waals surface area contributed by atoms with Gasteiger partial charge >= 0.3 is 6.36 Å². The summed E-state index contributed by atoms with van der Waals surface area (Å²) in [4.78, 5) is 0. The van der Waals surface area contributed by atoms with Gasteiger partial charge in [-0.1, -0.05) is 6.07 Å². The number of aromatic amines is 1. The van der Waals surface area contributed by atoms with Crippen molar-refractivity contribution in [3.63, 3.8) is 0 Å². The van der Waals surface area contributed by atoms with Gasteiger partial charge in [0.25, 0.3) is 0 Å². The molecule has 8 heteroatoms. The van der Waals surface area contributed by atoms with Gasteiger partial charge in [-0.2, -0.15) is 5.10 Å². The first kappa shape index (κ1) is 16.5. The van der Waals surface area contributed by atoms with Gasteiger partial charge in [0.1, 0.15) is 11.6 Å². The molecule has 0 unspecified atom stereocenters. The summed E-state index contributed by atoms with van der Waals surface area (Å²) in [5.41, 5.74) is 1.62. The number of hydrogen-bond acceptors (Lipinski definition) is 2. The van der Waals surface area contributed by atoms with Gasteiger partial charge in [-0.05, 0) is 58.4 Å². The lowest BCUT2D eigenvalue weighted by molar-refractivity contribution is -0.274. The van der Waals surface area contributed by atoms with Gasteiger partial charge in [0, 0.05) is 10.0 Å². The van der Waals surface area contributed by atoms with E-state index in [4.69, 9.17) is 0 Å². The Kier molecular flexibility index (Phi) is 4.31. The molecule has 1 heterocycles. The molecule has 0 aliphatic carbocycles. The minimum atomic E-state index is -4.81. The average Bonchev–Trinajstić information content (AvgIpc) is 2.96. The van der Waals surface area contributed by atoms with Crippen LogP contribution in [0.2, 0.25) is 0 Å². The summed E-state index contributed by atoms with van der Waals surface area (Å²) in [6.45, 7) is 0. The van der Waals surface area contributed by atoms with Gasteiger partial charge in [-0.3, -0.25) is 5.10 Å². The molecule has 124 valence electrons. The van der Waals surface area contributed by atoms with Crippen molar-refractivity contribution in [1.29, 1.82) is 0 Å². The van der Waals surface area contributed by atoms with E-state index in [1.165, 1.54) is 36.4 Å². The first-order valence-corrected chi connectivity index (χ1v) is 7.49. The normalized spacial score (nSPS) is 11.5. The molecule has 0 atom stereocenters. The molecule has 0 aliphatic heterocycles. The number of benzene rings is 2. The summed E-state index contributed by atoms with van der Waals surface area (Å²) in [6, 6.07) is 11.4. The van der Waals surface area contributed by atoms with Crippen molar-refractivity contribution >= 4 is 15.9 Å². The fourth-order valence-electron chi connectivity index (χ4n) is 2.19. The monoisotopic (exact) mass is 400 g/mol. The SMILES string of the molecule is Fc1ccc(-c2cc(-c3c(Br)cccc3OC(F)(F)F)[nH]n2)cc1. The zero-order valence-electron chi connectivity index (χ0n) is 11.9. The Morgan fingerprint density at radius 2 is 1.75 bits per heavy atom. The minimum Gasteiger partial charge on any atom is -0.405 e. The highest BCUT2D eigenvalue weighted by Crippen LogP contribution is 2.39. The molecule has 3 aromatic rings. The van der Waals surface area contributed by atoms with Gasteiger partial charge in [0.05, 0.1) is 17.0 Å². The maximum atomic E-state index is 13.0. The number of rotatable bonds is 3. The predicted molar refractivity (Wildman–Crippen MR) is 83.8 cm³/mol. The number of nitrogens with zero attached hydrogens (tertiary/aromatic N) is 1. The largest absolute Gasteiger partial charge is 0.573 e. The van der Waals surface area contributed by atoms with E-state index < -0.39 is 6.36 Å². The highest BCUT2D eigenvalue weighted by atomic mass is 79.9. The topological polar surface area (TPSA) is 37.9 Å². The quantitative estimate of drug-likeness (QED) is 0.585. The van der Waals surface area contributed by atoms with Crippen molar-refractivity contribution in [3.05, 3.63) is 58.8 Å². The zero-order valence-corrected chi connectivity index (χ0v) is 13.5. The molecule has 0 saturated heterocycles. The van der Waals surface area contributed by atoms with Crippen molar-refractivity contribution in [3.8, 4) is 28.3 Å².